The Morgan fingerprint density at radius 3 is 2.56 bits per heavy atom. The van der Waals surface area contributed by atoms with Gasteiger partial charge in [0.15, 0.2) is 0 Å². The van der Waals surface area contributed by atoms with E-state index in [9.17, 15) is 13.6 Å². The molecule has 0 spiro atoms. The molecule has 0 aromatic heterocycles. The molecule has 1 fully saturated rings. The van der Waals surface area contributed by atoms with Gasteiger partial charge in [0.25, 0.3) is 5.91 Å². The molecule has 98 valence electrons. The van der Waals surface area contributed by atoms with E-state index >= 15 is 0 Å². The Kier molecular flexibility index (Phi) is 3.61. The lowest BCUT2D eigenvalue weighted by atomic mass is 9.94. The van der Waals surface area contributed by atoms with Gasteiger partial charge >= 0.3 is 0 Å². The smallest absolute Gasteiger partial charge is 0.259 e. The number of hydrogen-bond donors (Lipinski definition) is 1. The summed E-state index contributed by atoms with van der Waals surface area (Å²) in [5.41, 5.74) is 5.39. The summed E-state index contributed by atoms with van der Waals surface area (Å²) in [4.78, 5) is 13.5. The van der Waals surface area contributed by atoms with Crippen molar-refractivity contribution in [2.24, 2.45) is 11.7 Å². The Morgan fingerprint density at radius 2 is 2.00 bits per heavy atom. The molecule has 0 radical (unpaired) electrons. The predicted molar refractivity (Wildman–Crippen MR) is 64.0 cm³/mol. The van der Waals surface area contributed by atoms with E-state index in [0.29, 0.717) is 19.0 Å². The summed E-state index contributed by atoms with van der Waals surface area (Å²) in [6.45, 7) is 2.84. The highest BCUT2D eigenvalue weighted by Crippen LogP contribution is 2.20. The van der Waals surface area contributed by atoms with Crippen LogP contribution in [0.3, 0.4) is 0 Å². The van der Waals surface area contributed by atoms with Gasteiger partial charge in [-0.15, -0.1) is 0 Å². The highest BCUT2D eigenvalue weighted by Gasteiger charge is 2.29. The van der Waals surface area contributed by atoms with E-state index in [1.54, 1.807) is 0 Å². The highest BCUT2D eigenvalue weighted by molar-refractivity contribution is 5.94. The van der Waals surface area contributed by atoms with Crippen molar-refractivity contribution in [2.75, 3.05) is 13.1 Å². The summed E-state index contributed by atoms with van der Waals surface area (Å²) in [5.74, 6) is -1.95. The molecule has 2 unspecified atom stereocenters. The summed E-state index contributed by atoms with van der Waals surface area (Å²) in [5, 5.41) is 0. The van der Waals surface area contributed by atoms with Crippen LogP contribution in [0.5, 0.6) is 0 Å². The molecule has 1 aromatic carbocycles. The van der Waals surface area contributed by atoms with E-state index in [2.05, 4.69) is 0 Å². The predicted octanol–water partition coefficient (Wildman–Crippen LogP) is 1.77. The van der Waals surface area contributed by atoms with Gasteiger partial charge in [-0.2, -0.15) is 0 Å². The Morgan fingerprint density at radius 1 is 1.39 bits per heavy atom. The maximum Gasteiger partial charge on any atom is 0.259 e. The van der Waals surface area contributed by atoms with Crippen molar-refractivity contribution in [1.82, 2.24) is 4.90 Å². The average Bonchev–Trinajstić information content (AvgIpc) is 2.32. The largest absolute Gasteiger partial charge is 0.337 e. The quantitative estimate of drug-likeness (QED) is 0.830. The molecule has 5 heteroatoms. The van der Waals surface area contributed by atoms with Crippen LogP contribution in [0, 0.1) is 17.6 Å². The molecule has 1 aliphatic heterocycles. The van der Waals surface area contributed by atoms with Gasteiger partial charge in [0.1, 0.15) is 17.2 Å². The summed E-state index contributed by atoms with van der Waals surface area (Å²) in [6.07, 6.45) is 0.753. The zero-order valence-corrected chi connectivity index (χ0v) is 10.2. The van der Waals surface area contributed by atoms with E-state index in [1.165, 1.54) is 11.0 Å². The summed E-state index contributed by atoms with van der Waals surface area (Å²) < 4.78 is 27.0. The number of halogens is 2. The molecule has 1 aliphatic rings. The van der Waals surface area contributed by atoms with E-state index < -0.39 is 23.1 Å². The third kappa shape index (κ3) is 2.36. The molecular formula is C13H16F2N2O. The van der Waals surface area contributed by atoms with Crippen LogP contribution in [0.4, 0.5) is 8.78 Å². The van der Waals surface area contributed by atoms with Crippen molar-refractivity contribution >= 4 is 5.91 Å². The molecule has 1 aromatic rings. The van der Waals surface area contributed by atoms with Gasteiger partial charge in [-0.3, -0.25) is 4.79 Å². The average molecular weight is 254 g/mol. The fourth-order valence-electron chi connectivity index (χ4n) is 2.14. The molecule has 1 saturated heterocycles. The SMILES string of the molecule is CC1CCN(C(=O)c2c(F)cccc2F)CC1N. The molecule has 0 aliphatic carbocycles. The van der Waals surface area contributed by atoms with Gasteiger partial charge in [-0.1, -0.05) is 13.0 Å². The third-order valence-corrected chi connectivity index (χ3v) is 3.48. The minimum Gasteiger partial charge on any atom is -0.337 e. The number of benzene rings is 1. The number of nitrogens with two attached hydrogens (primary N) is 1. The van der Waals surface area contributed by atoms with Crippen LogP contribution < -0.4 is 5.73 Å². The van der Waals surface area contributed by atoms with E-state index in [-0.39, 0.29) is 6.04 Å². The molecule has 0 bridgehead atoms. The second-order valence-corrected chi connectivity index (χ2v) is 4.78. The second kappa shape index (κ2) is 5.02. The van der Waals surface area contributed by atoms with Crippen molar-refractivity contribution in [3.8, 4) is 0 Å². The topological polar surface area (TPSA) is 46.3 Å². The van der Waals surface area contributed by atoms with Crippen molar-refractivity contribution in [2.45, 2.75) is 19.4 Å². The van der Waals surface area contributed by atoms with Crippen LogP contribution in [0.15, 0.2) is 18.2 Å². The number of carbonyl (C=O) groups excluding carboxylic acids is 1. The highest BCUT2D eigenvalue weighted by atomic mass is 19.1. The van der Waals surface area contributed by atoms with E-state index in [1.807, 2.05) is 6.92 Å². The lowest BCUT2D eigenvalue weighted by molar-refractivity contribution is 0.0662. The number of amides is 1. The fourth-order valence-corrected chi connectivity index (χ4v) is 2.14. The third-order valence-electron chi connectivity index (χ3n) is 3.48. The second-order valence-electron chi connectivity index (χ2n) is 4.78. The number of rotatable bonds is 1. The standard InChI is InChI=1S/C13H16F2N2O/c1-8-5-6-17(7-11(8)16)13(18)12-9(14)3-2-4-10(12)15/h2-4,8,11H,5-7,16H2,1H3. The minimum absolute atomic E-state index is 0.141. The number of hydrogen-bond acceptors (Lipinski definition) is 2. The van der Waals surface area contributed by atoms with Gasteiger partial charge in [-0.05, 0) is 24.5 Å². The number of nitrogens with zero attached hydrogens (tertiary/aromatic N) is 1. The van der Waals surface area contributed by atoms with Crippen LogP contribution in [-0.4, -0.2) is 29.9 Å². The van der Waals surface area contributed by atoms with Crippen LogP contribution in [-0.2, 0) is 0 Å². The summed E-state index contributed by atoms with van der Waals surface area (Å²) >= 11 is 0. The first-order valence-electron chi connectivity index (χ1n) is 5.99. The van der Waals surface area contributed by atoms with Crippen molar-refractivity contribution in [3.05, 3.63) is 35.4 Å². The van der Waals surface area contributed by atoms with Gasteiger partial charge in [0.2, 0.25) is 0 Å². The Bertz CT molecular complexity index is 444. The Hall–Kier alpha value is -1.49. The Labute approximate surface area is 105 Å². The minimum atomic E-state index is -0.827. The van der Waals surface area contributed by atoms with Crippen molar-refractivity contribution < 1.29 is 13.6 Å². The zero-order chi connectivity index (χ0) is 13.3. The zero-order valence-electron chi connectivity index (χ0n) is 10.2. The van der Waals surface area contributed by atoms with Crippen LogP contribution in [0.2, 0.25) is 0 Å². The van der Waals surface area contributed by atoms with Gasteiger partial charge in [0, 0.05) is 19.1 Å². The molecule has 1 heterocycles. The first kappa shape index (κ1) is 13.0. The van der Waals surface area contributed by atoms with Gasteiger partial charge in [-0.25, -0.2) is 8.78 Å². The molecular weight excluding hydrogens is 238 g/mol. The molecule has 2 atom stereocenters. The first-order chi connectivity index (χ1) is 8.50. The molecule has 3 nitrogen and oxygen atoms in total. The van der Waals surface area contributed by atoms with Crippen molar-refractivity contribution in [3.63, 3.8) is 0 Å². The van der Waals surface area contributed by atoms with E-state index in [4.69, 9.17) is 5.73 Å². The Balaban J connectivity index is 2.22. The molecule has 2 N–H and O–H groups in total. The number of carbonyl (C=O) groups is 1. The number of piperidine rings is 1. The molecule has 0 saturated carbocycles. The summed E-state index contributed by atoms with van der Waals surface area (Å²) in [7, 11) is 0. The fraction of sp³-hybridized carbons (Fsp3) is 0.462. The molecule has 2 rings (SSSR count). The summed E-state index contributed by atoms with van der Waals surface area (Å²) in [6, 6.07) is 3.27. The monoisotopic (exact) mass is 254 g/mol. The maximum absolute atomic E-state index is 13.5. The van der Waals surface area contributed by atoms with Gasteiger partial charge in [0.05, 0.1) is 0 Å². The van der Waals surface area contributed by atoms with Gasteiger partial charge < -0.3 is 10.6 Å². The molecule has 18 heavy (non-hydrogen) atoms. The lowest BCUT2D eigenvalue weighted by Crippen LogP contribution is -2.50. The van der Waals surface area contributed by atoms with Crippen LogP contribution >= 0.6 is 0 Å². The molecule has 1 amide bonds. The van der Waals surface area contributed by atoms with E-state index in [0.717, 1.165) is 18.6 Å². The van der Waals surface area contributed by atoms with Crippen LogP contribution in [0.25, 0.3) is 0 Å². The first-order valence-corrected chi connectivity index (χ1v) is 5.99. The number of likely N-dealkylation sites (tertiary alicyclic amines) is 1. The van der Waals surface area contributed by atoms with Crippen molar-refractivity contribution in [1.29, 1.82) is 0 Å². The lowest BCUT2D eigenvalue weighted by Gasteiger charge is -2.35. The maximum atomic E-state index is 13.5. The van der Waals surface area contributed by atoms with Crippen LogP contribution in [0.1, 0.15) is 23.7 Å². The normalized spacial score (nSPS) is 24.1.